The highest BCUT2D eigenvalue weighted by molar-refractivity contribution is 6.31. The molecule has 0 aliphatic carbocycles. The average molecular weight is 1380 g/mol. The van der Waals surface area contributed by atoms with E-state index in [-0.39, 0.29) is 5.28 Å². The topological polar surface area (TPSA) is 82.1 Å². The lowest BCUT2D eigenvalue weighted by Gasteiger charge is -2.12. The standard InChI is InChI=1S/C46H29ClN4.C30H20N2.C16H10Cl2N2/c47-34-15-11-14-33(26-34)41-29-40(30-12-3-1-4-13-30)48-46(49-41)51-43-21-10-8-19-37(43)39-28-32(23-25-45(39)51)31-22-24-44-38(27-31)36-18-7-9-20-42(36)50(44)35-16-5-2-6-17-35;1-2-8-22(9-3-1)32-29-13-7-5-11-24(29)26-19-21(15-17-30(26)32)20-14-16-28-25(18-20)23-10-4-6-12-27(23)31-28;17-13-8-4-7-12(9-13)15-10-14(19-16(18)20-15)11-5-2-1-3-6-11/h1-29H;1-19,31H;1-10H. The Morgan fingerprint density at radius 3 is 1.01 bits per heavy atom. The van der Waals surface area contributed by atoms with Crippen molar-refractivity contribution in [3.05, 3.63) is 367 Å². The van der Waals surface area contributed by atoms with Crippen LogP contribution >= 0.6 is 34.8 Å². The van der Waals surface area contributed by atoms with E-state index in [2.05, 4.69) is 271 Å². The Bertz CT molecular complexity index is 6600. The van der Waals surface area contributed by atoms with E-state index in [9.17, 15) is 0 Å². The van der Waals surface area contributed by atoms with Crippen molar-refractivity contribution in [2.75, 3.05) is 0 Å². The van der Waals surface area contributed by atoms with Crippen molar-refractivity contribution < 1.29 is 0 Å². The van der Waals surface area contributed by atoms with Crippen LogP contribution in [0.5, 0.6) is 0 Å². The first kappa shape index (κ1) is 62.6. The van der Waals surface area contributed by atoms with E-state index in [0.29, 0.717) is 16.0 Å². The predicted molar refractivity (Wildman–Crippen MR) is 431 cm³/mol. The molecule has 0 aliphatic rings. The van der Waals surface area contributed by atoms with Crippen LogP contribution in [0, 0.1) is 0 Å². The number of hydrogen-bond acceptors (Lipinski definition) is 4. The molecule has 8 nitrogen and oxygen atoms in total. The predicted octanol–water partition coefficient (Wildman–Crippen LogP) is 25.5. The summed E-state index contributed by atoms with van der Waals surface area (Å²) in [5.74, 6) is 0.611. The van der Waals surface area contributed by atoms with Crippen molar-refractivity contribution in [1.29, 1.82) is 0 Å². The fourth-order valence-electron chi connectivity index (χ4n) is 14.5. The van der Waals surface area contributed by atoms with Gasteiger partial charge >= 0.3 is 0 Å². The molecule has 0 spiro atoms. The van der Waals surface area contributed by atoms with Gasteiger partial charge in [-0.3, -0.25) is 4.57 Å². The van der Waals surface area contributed by atoms with E-state index in [1.807, 2.05) is 109 Å². The normalized spacial score (nSPS) is 11.4. The van der Waals surface area contributed by atoms with Gasteiger partial charge in [-0.25, -0.2) is 19.9 Å². The van der Waals surface area contributed by atoms with E-state index >= 15 is 0 Å². The number of aromatic nitrogens is 8. The van der Waals surface area contributed by atoms with E-state index in [0.717, 1.165) is 78.1 Å². The van der Waals surface area contributed by atoms with Gasteiger partial charge in [0.25, 0.3) is 0 Å². The maximum absolute atomic E-state index is 6.45. The number of benzene rings is 14. The second kappa shape index (κ2) is 26.8. The van der Waals surface area contributed by atoms with Gasteiger partial charge in [0, 0.05) is 97.8 Å². The lowest BCUT2D eigenvalue weighted by Crippen LogP contribution is -2.04. The van der Waals surface area contributed by atoms with Gasteiger partial charge < -0.3 is 14.1 Å². The van der Waals surface area contributed by atoms with Crippen LogP contribution in [0.2, 0.25) is 15.3 Å². The molecule has 6 heterocycles. The number of H-pyrrole nitrogens is 1. The SMILES string of the molecule is Clc1cccc(-c2cc(-c3ccccc3)nc(-n3c4ccccc4c4cc(-c5ccc6c(c5)c5ccccc5n6-c5ccccc5)ccc43)n2)c1.Clc1cccc(-c2cc(-c3ccccc3)nc(Cl)n2)c1.c1ccc(-n2c3ccccc3c3cc(-c4ccc5[nH]c6ccccc6c5c4)ccc32)cc1. The first-order chi connectivity index (χ1) is 50.8. The van der Waals surface area contributed by atoms with Crippen molar-refractivity contribution in [3.8, 4) is 84.6 Å². The molecule has 0 bridgehead atoms. The molecule has 0 fully saturated rings. The zero-order valence-electron chi connectivity index (χ0n) is 55.3. The van der Waals surface area contributed by atoms with Crippen LogP contribution in [0.25, 0.3) is 172 Å². The first-order valence-corrected chi connectivity index (χ1v) is 35.2. The Labute approximate surface area is 608 Å². The van der Waals surface area contributed by atoms with Crippen LogP contribution in [-0.2, 0) is 0 Å². The average Bonchev–Trinajstić information content (AvgIpc) is 1.60. The van der Waals surface area contributed by atoms with Crippen LogP contribution in [0.3, 0.4) is 0 Å². The first-order valence-electron chi connectivity index (χ1n) is 34.1. The minimum absolute atomic E-state index is 0.223. The quantitative estimate of drug-likeness (QED) is 0.146. The van der Waals surface area contributed by atoms with Crippen molar-refractivity contribution in [3.63, 3.8) is 0 Å². The number of hydrogen-bond donors (Lipinski definition) is 1. The highest BCUT2D eigenvalue weighted by Crippen LogP contribution is 2.41. The van der Waals surface area contributed by atoms with Gasteiger partial charge in [0.1, 0.15) is 0 Å². The molecule has 0 radical (unpaired) electrons. The van der Waals surface area contributed by atoms with E-state index in [4.69, 9.17) is 44.8 Å². The summed E-state index contributed by atoms with van der Waals surface area (Å²) in [6, 6.07) is 122. The van der Waals surface area contributed by atoms with Crippen molar-refractivity contribution in [2.45, 2.75) is 0 Å². The largest absolute Gasteiger partial charge is 0.355 e. The van der Waals surface area contributed by atoms with Gasteiger partial charge in [0.15, 0.2) is 0 Å². The van der Waals surface area contributed by atoms with Crippen molar-refractivity contribution in [2.24, 2.45) is 0 Å². The summed E-state index contributed by atoms with van der Waals surface area (Å²) in [6.45, 7) is 0. The van der Waals surface area contributed by atoms with Gasteiger partial charge in [-0.2, -0.15) is 0 Å². The molecular weight excluding hydrogens is 1320 g/mol. The summed E-state index contributed by atoms with van der Waals surface area (Å²) in [4.78, 5) is 22.4. The molecule has 0 unspecified atom stereocenters. The highest BCUT2D eigenvalue weighted by Gasteiger charge is 2.21. The summed E-state index contributed by atoms with van der Waals surface area (Å²) < 4.78 is 6.90. The molecular formula is C92H59Cl3N8. The number of rotatable bonds is 9. The van der Waals surface area contributed by atoms with Gasteiger partial charge in [-0.05, 0) is 167 Å². The molecule has 488 valence electrons. The third-order valence-electron chi connectivity index (χ3n) is 19.2. The maximum Gasteiger partial charge on any atom is 0.235 e. The molecule has 20 rings (SSSR count). The number of fused-ring (bicyclic) bond motifs is 12. The number of aromatic amines is 1. The summed E-state index contributed by atoms with van der Waals surface area (Å²) in [6.07, 6.45) is 0. The van der Waals surface area contributed by atoms with Crippen LogP contribution in [0.4, 0.5) is 0 Å². The maximum atomic E-state index is 6.45. The monoisotopic (exact) mass is 1380 g/mol. The van der Waals surface area contributed by atoms with Crippen LogP contribution in [0.1, 0.15) is 0 Å². The molecule has 0 saturated carbocycles. The summed E-state index contributed by atoms with van der Waals surface area (Å²) in [5.41, 5.74) is 23.5. The number of para-hydroxylation sites is 6. The molecule has 103 heavy (non-hydrogen) atoms. The summed E-state index contributed by atoms with van der Waals surface area (Å²) in [5, 5.41) is 11.4. The molecule has 0 amide bonds. The second-order valence-electron chi connectivity index (χ2n) is 25.5. The van der Waals surface area contributed by atoms with E-state index in [1.54, 1.807) is 0 Å². The molecule has 1 N–H and O–H groups in total. The van der Waals surface area contributed by atoms with Gasteiger partial charge in [0.05, 0.1) is 55.9 Å². The van der Waals surface area contributed by atoms with E-state index in [1.165, 1.54) is 87.8 Å². The highest BCUT2D eigenvalue weighted by atomic mass is 35.5. The summed E-state index contributed by atoms with van der Waals surface area (Å²) >= 11 is 18.5. The van der Waals surface area contributed by atoms with Crippen molar-refractivity contribution >= 4 is 122 Å². The Kier molecular flexibility index (Phi) is 16.3. The van der Waals surface area contributed by atoms with Crippen LogP contribution < -0.4 is 0 Å². The molecule has 6 aromatic heterocycles. The molecule has 11 heteroatoms. The Hall–Kier alpha value is -12.7. The van der Waals surface area contributed by atoms with Crippen LogP contribution in [-0.4, -0.2) is 38.6 Å². The third kappa shape index (κ3) is 11.9. The zero-order valence-corrected chi connectivity index (χ0v) is 57.5. The van der Waals surface area contributed by atoms with Gasteiger partial charge in [0.2, 0.25) is 11.2 Å². The smallest absolute Gasteiger partial charge is 0.235 e. The second-order valence-corrected chi connectivity index (χ2v) is 26.7. The zero-order chi connectivity index (χ0) is 68.9. The van der Waals surface area contributed by atoms with Gasteiger partial charge in [-0.1, -0.05) is 242 Å². The Morgan fingerprint density at radius 2 is 0.544 bits per heavy atom. The lowest BCUT2D eigenvalue weighted by molar-refractivity contribution is 0.995. The fourth-order valence-corrected chi connectivity index (χ4v) is 15.0. The molecule has 14 aromatic carbocycles. The van der Waals surface area contributed by atoms with E-state index < -0.39 is 0 Å². The lowest BCUT2D eigenvalue weighted by atomic mass is 10.0. The van der Waals surface area contributed by atoms with Crippen LogP contribution in [0.15, 0.2) is 352 Å². The number of halogens is 3. The molecule has 0 atom stereocenters. The van der Waals surface area contributed by atoms with Gasteiger partial charge in [-0.15, -0.1) is 0 Å². The Morgan fingerprint density at radius 1 is 0.214 bits per heavy atom. The molecule has 0 aliphatic heterocycles. The third-order valence-corrected chi connectivity index (χ3v) is 19.9. The Balaban J connectivity index is 0.000000123. The number of nitrogens with one attached hydrogen (secondary N) is 1. The van der Waals surface area contributed by atoms with Crippen molar-refractivity contribution in [1.82, 2.24) is 38.6 Å². The molecule has 0 saturated heterocycles. The minimum atomic E-state index is 0.223. The minimum Gasteiger partial charge on any atom is -0.355 e. The fraction of sp³-hybridized carbons (Fsp3) is 0. The summed E-state index contributed by atoms with van der Waals surface area (Å²) in [7, 11) is 0. The molecule has 20 aromatic rings. The number of nitrogens with zero attached hydrogens (tertiary/aromatic N) is 7.